The monoisotopic (exact) mass is 344 g/mol. The maximum absolute atomic E-state index is 12.5. The van der Waals surface area contributed by atoms with Crippen molar-refractivity contribution in [3.05, 3.63) is 45.6 Å². The van der Waals surface area contributed by atoms with E-state index in [1.165, 1.54) is 15.6 Å². The lowest BCUT2D eigenvalue weighted by Crippen LogP contribution is -2.26. The van der Waals surface area contributed by atoms with Gasteiger partial charge in [-0.3, -0.25) is 0 Å². The number of hydrogen-bond acceptors (Lipinski definition) is 4. The van der Waals surface area contributed by atoms with Gasteiger partial charge in [-0.2, -0.15) is 4.31 Å². The van der Waals surface area contributed by atoms with Crippen molar-refractivity contribution >= 4 is 38.6 Å². The molecule has 114 valence electrons. The zero-order valence-corrected chi connectivity index (χ0v) is 14.2. The average Bonchev–Trinajstić information content (AvgIpc) is 2.85. The Balaban J connectivity index is 2.16. The average molecular weight is 345 g/mol. The highest BCUT2D eigenvalue weighted by Gasteiger charge is 2.21. The van der Waals surface area contributed by atoms with Gasteiger partial charge in [0.15, 0.2) is 0 Å². The molecule has 0 atom stereocenters. The molecule has 1 aromatic heterocycles. The molecule has 0 aliphatic carbocycles. The molecule has 2 aromatic rings. The highest BCUT2D eigenvalue weighted by atomic mass is 35.5. The Morgan fingerprint density at radius 3 is 2.38 bits per heavy atom. The molecule has 1 aromatic carbocycles. The van der Waals surface area contributed by atoms with Crippen LogP contribution in [0.5, 0.6) is 0 Å². The number of benzene rings is 1. The quantitative estimate of drug-likeness (QED) is 0.870. The van der Waals surface area contributed by atoms with E-state index in [9.17, 15) is 8.42 Å². The maximum atomic E-state index is 12.5. The number of rotatable bonds is 6. The Labute approximate surface area is 134 Å². The first-order chi connectivity index (χ1) is 9.93. The normalized spacial score (nSPS) is 11.8. The molecule has 0 amide bonds. The fraction of sp³-hybridized carbons (Fsp3) is 0.286. The molecule has 0 saturated heterocycles. The Bertz CT molecular complexity index is 696. The zero-order chi connectivity index (χ0) is 15.5. The first-order valence-electron chi connectivity index (χ1n) is 6.48. The van der Waals surface area contributed by atoms with Crippen LogP contribution in [0.25, 0.3) is 0 Å². The third kappa shape index (κ3) is 3.97. The summed E-state index contributed by atoms with van der Waals surface area (Å²) in [5.74, 6) is 0. The Kier molecular flexibility index (Phi) is 5.27. The molecule has 4 nitrogen and oxygen atoms in total. The smallest absolute Gasteiger partial charge is 0.243 e. The van der Waals surface area contributed by atoms with E-state index in [0.29, 0.717) is 10.9 Å². The predicted octanol–water partition coefficient (Wildman–Crippen LogP) is 3.65. The molecule has 0 saturated carbocycles. The van der Waals surface area contributed by atoms with Crippen LogP contribution in [-0.4, -0.2) is 26.3 Å². The van der Waals surface area contributed by atoms with Gasteiger partial charge >= 0.3 is 0 Å². The van der Waals surface area contributed by atoms with E-state index in [1.54, 1.807) is 37.4 Å². The lowest BCUT2D eigenvalue weighted by molar-refractivity contribution is 0.469. The third-order valence-electron chi connectivity index (χ3n) is 2.95. The SMILES string of the molecule is CCNc1ccc(S(=O)(=O)N(C)Cc2ccc(Cl)s2)cc1. The molecule has 1 N–H and O–H groups in total. The fourth-order valence-electron chi connectivity index (χ4n) is 1.87. The van der Waals surface area contributed by atoms with E-state index in [-0.39, 0.29) is 4.90 Å². The molecule has 0 radical (unpaired) electrons. The minimum Gasteiger partial charge on any atom is -0.385 e. The van der Waals surface area contributed by atoms with Crippen LogP contribution in [-0.2, 0) is 16.6 Å². The Morgan fingerprint density at radius 2 is 1.86 bits per heavy atom. The van der Waals surface area contributed by atoms with Crippen LogP contribution in [0.1, 0.15) is 11.8 Å². The van der Waals surface area contributed by atoms with Crippen molar-refractivity contribution in [2.24, 2.45) is 0 Å². The lowest BCUT2D eigenvalue weighted by Gasteiger charge is -2.16. The standard InChI is InChI=1S/C14H17ClN2O2S2/c1-3-16-11-4-7-13(8-5-11)21(18,19)17(2)10-12-6-9-14(15)20-12/h4-9,16H,3,10H2,1-2H3. The van der Waals surface area contributed by atoms with E-state index in [0.717, 1.165) is 17.1 Å². The Hall–Kier alpha value is -1.08. The summed E-state index contributed by atoms with van der Waals surface area (Å²) in [5.41, 5.74) is 0.907. The summed E-state index contributed by atoms with van der Waals surface area (Å²) in [6.45, 7) is 3.10. The Morgan fingerprint density at radius 1 is 1.19 bits per heavy atom. The number of nitrogens with zero attached hydrogens (tertiary/aromatic N) is 1. The predicted molar refractivity (Wildman–Crippen MR) is 88.6 cm³/mol. The zero-order valence-electron chi connectivity index (χ0n) is 11.8. The van der Waals surface area contributed by atoms with E-state index < -0.39 is 10.0 Å². The van der Waals surface area contributed by atoms with Gasteiger partial charge in [-0.25, -0.2) is 8.42 Å². The molecule has 7 heteroatoms. The molecule has 0 aliphatic heterocycles. The van der Waals surface area contributed by atoms with Crippen molar-refractivity contribution < 1.29 is 8.42 Å². The molecule has 0 fully saturated rings. The van der Waals surface area contributed by atoms with Gasteiger partial charge in [0.1, 0.15) is 0 Å². The van der Waals surface area contributed by atoms with Gasteiger partial charge < -0.3 is 5.32 Å². The van der Waals surface area contributed by atoms with Gasteiger partial charge in [0.25, 0.3) is 0 Å². The topological polar surface area (TPSA) is 49.4 Å². The van der Waals surface area contributed by atoms with Crippen LogP contribution < -0.4 is 5.32 Å². The van der Waals surface area contributed by atoms with Crippen LogP contribution in [0.2, 0.25) is 4.34 Å². The second kappa shape index (κ2) is 6.79. The number of sulfonamides is 1. The second-order valence-electron chi connectivity index (χ2n) is 4.52. The number of halogens is 1. The first kappa shape index (κ1) is 16.3. The summed E-state index contributed by atoms with van der Waals surface area (Å²) in [6.07, 6.45) is 0. The molecule has 0 bridgehead atoms. The minimum atomic E-state index is -3.49. The van der Waals surface area contributed by atoms with Crippen molar-refractivity contribution in [2.45, 2.75) is 18.4 Å². The van der Waals surface area contributed by atoms with Gasteiger partial charge in [-0.15, -0.1) is 11.3 Å². The van der Waals surface area contributed by atoms with Crippen molar-refractivity contribution in [2.75, 3.05) is 18.9 Å². The lowest BCUT2D eigenvalue weighted by atomic mass is 10.3. The van der Waals surface area contributed by atoms with E-state index in [4.69, 9.17) is 11.6 Å². The van der Waals surface area contributed by atoms with E-state index in [2.05, 4.69) is 5.32 Å². The first-order valence-corrected chi connectivity index (χ1v) is 9.11. The van der Waals surface area contributed by atoms with Crippen LogP contribution in [0.3, 0.4) is 0 Å². The summed E-state index contributed by atoms with van der Waals surface area (Å²) in [4.78, 5) is 1.20. The van der Waals surface area contributed by atoms with Crippen molar-refractivity contribution in [3.8, 4) is 0 Å². The molecular formula is C14H17ClN2O2S2. The number of thiophene rings is 1. The second-order valence-corrected chi connectivity index (χ2v) is 8.37. The van der Waals surface area contributed by atoms with Gasteiger partial charge in [0.05, 0.1) is 9.23 Å². The molecule has 21 heavy (non-hydrogen) atoms. The fourth-order valence-corrected chi connectivity index (χ4v) is 4.24. The summed E-state index contributed by atoms with van der Waals surface area (Å²) in [6, 6.07) is 10.4. The summed E-state index contributed by atoms with van der Waals surface area (Å²) >= 11 is 7.25. The molecule has 0 aliphatic rings. The molecule has 0 unspecified atom stereocenters. The number of anilines is 1. The van der Waals surface area contributed by atoms with Gasteiger partial charge in [-0.1, -0.05) is 11.6 Å². The van der Waals surface area contributed by atoms with Crippen LogP contribution >= 0.6 is 22.9 Å². The number of hydrogen-bond donors (Lipinski definition) is 1. The maximum Gasteiger partial charge on any atom is 0.243 e. The molecule has 0 spiro atoms. The molecular weight excluding hydrogens is 328 g/mol. The van der Waals surface area contributed by atoms with Crippen molar-refractivity contribution in [3.63, 3.8) is 0 Å². The summed E-state index contributed by atoms with van der Waals surface area (Å²) in [5, 5.41) is 3.14. The van der Waals surface area contributed by atoms with E-state index in [1.807, 2.05) is 13.0 Å². The van der Waals surface area contributed by atoms with E-state index >= 15 is 0 Å². The molecule has 2 rings (SSSR count). The van der Waals surface area contributed by atoms with Crippen LogP contribution in [0, 0.1) is 0 Å². The van der Waals surface area contributed by atoms with Crippen LogP contribution in [0.15, 0.2) is 41.3 Å². The summed E-state index contributed by atoms with van der Waals surface area (Å²) < 4.78 is 27.0. The van der Waals surface area contributed by atoms with Crippen molar-refractivity contribution in [1.29, 1.82) is 0 Å². The van der Waals surface area contributed by atoms with Crippen LogP contribution in [0.4, 0.5) is 5.69 Å². The van der Waals surface area contributed by atoms with Gasteiger partial charge in [-0.05, 0) is 43.3 Å². The van der Waals surface area contributed by atoms with Gasteiger partial charge in [0.2, 0.25) is 10.0 Å². The minimum absolute atomic E-state index is 0.286. The summed E-state index contributed by atoms with van der Waals surface area (Å²) in [7, 11) is -1.92. The highest BCUT2D eigenvalue weighted by Crippen LogP contribution is 2.25. The number of nitrogens with one attached hydrogen (secondary N) is 1. The molecule has 1 heterocycles. The van der Waals surface area contributed by atoms with Crippen molar-refractivity contribution in [1.82, 2.24) is 4.31 Å². The third-order valence-corrected chi connectivity index (χ3v) is 5.98. The van der Waals surface area contributed by atoms with Gasteiger partial charge in [0, 0.05) is 30.7 Å². The highest BCUT2D eigenvalue weighted by molar-refractivity contribution is 7.89. The largest absolute Gasteiger partial charge is 0.385 e.